The molecule has 0 unspecified atom stereocenters. The van der Waals surface area contributed by atoms with E-state index in [9.17, 15) is 18.0 Å². The number of rotatable bonds is 3. The van der Waals surface area contributed by atoms with Gasteiger partial charge in [-0.05, 0) is 32.9 Å². The number of alkyl halides is 3. The second kappa shape index (κ2) is 7.38. The van der Waals surface area contributed by atoms with Gasteiger partial charge in [0.25, 0.3) is 0 Å². The molecule has 0 saturated heterocycles. The quantitative estimate of drug-likeness (QED) is 0.628. The number of ether oxygens (including phenoxy) is 1. The highest BCUT2D eigenvalue weighted by Gasteiger charge is 2.30. The number of carbonyl (C=O) groups excluding carboxylic acids is 1. The lowest BCUT2D eigenvalue weighted by Gasteiger charge is -2.24. The normalized spacial score (nSPS) is 12.2. The number of hydrogen-bond acceptors (Lipinski definition) is 4. The number of halogens is 3. The molecule has 2 aromatic heterocycles. The molecule has 0 radical (unpaired) electrons. The van der Waals surface area contributed by atoms with Crippen LogP contribution in [0.15, 0.2) is 42.9 Å². The molecule has 29 heavy (non-hydrogen) atoms. The van der Waals surface area contributed by atoms with Crippen molar-refractivity contribution in [2.45, 2.75) is 39.1 Å². The van der Waals surface area contributed by atoms with Crippen LogP contribution in [0.4, 0.5) is 18.0 Å². The second-order valence-corrected chi connectivity index (χ2v) is 7.65. The third kappa shape index (κ3) is 4.85. The zero-order valence-corrected chi connectivity index (χ0v) is 16.5. The van der Waals surface area contributed by atoms with Gasteiger partial charge in [-0.15, -0.1) is 0 Å². The minimum absolute atomic E-state index is 0.163. The number of aromatic nitrogens is 3. The summed E-state index contributed by atoms with van der Waals surface area (Å²) in [5.41, 5.74) is 0.613. The predicted molar refractivity (Wildman–Crippen MR) is 101 cm³/mol. The van der Waals surface area contributed by atoms with E-state index in [-0.39, 0.29) is 6.54 Å². The molecule has 0 N–H and O–H groups in total. The first-order chi connectivity index (χ1) is 13.4. The Kier molecular flexibility index (Phi) is 5.25. The van der Waals surface area contributed by atoms with E-state index in [0.717, 1.165) is 12.1 Å². The summed E-state index contributed by atoms with van der Waals surface area (Å²) >= 11 is 0. The Morgan fingerprint density at radius 1 is 1.17 bits per heavy atom. The van der Waals surface area contributed by atoms with E-state index in [1.54, 1.807) is 50.8 Å². The average molecular weight is 406 g/mol. The molecule has 1 amide bonds. The molecular weight excluding hydrogens is 385 g/mol. The van der Waals surface area contributed by atoms with Crippen LogP contribution in [-0.2, 0) is 17.5 Å². The molecule has 0 fully saturated rings. The van der Waals surface area contributed by atoms with Crippen LogP contribution in [0.1, 0.15) is 32.0 Å². The fourth-order valence-electron chi connectivity index (χ4n) is 2.72. The van der Waals surface area contributed by atoms with Crippen LogP contribution in [0, 0.1) is 0 Å². The smallest absolute Gasteiger partial charge is 0.416 e. The first kappa shape index (κ1) is 20.6. The number of amides is 1. The third-order valence-corrected chi connectivity index (χ3v) is 4.01. The van der Waals surface area contributed by atoms with Crippen molar-refractivity contribution >= 4 is 11.7 Å². The van der Waals surface area contributed by atoms with Crippen LogP contribution >= 0.6 is 0 Å². The van der Waals surface area contributed by atoms with Crippen molar-refractivity contribution in [2.75, 3.05) is 7.05 Å². The minimum Gasteiger partial charge on any atom is -0.444 e. The van der Waals surface area contributed by atoms with E-state index in [1.807, 2.05) is 0 Å². The lowest BCUT2D eigenvalue weighted by atomic mass is 10.1. The molecule has 0 aliphatic heterocycles. The predicted octanol–water partition coefficient (Wildman–Crippen LogP) is 4.78. The standard InChI is InChI=1S/C20H21F3N4O2/c1-19(2,3)29-18(28)26(4)11-15-12-27-10-9-24-17(27)16(25-15)13-5-7-14(8-6-13)20(21,22)23/h5-10,12H,11H2,1-4H3. The molecule has 0 bridgehead atoms. The summed E-state index contributed by atoms with van der Waals surface area (Å²) < 4.78 is 45.6. The van der Waals surface area contributed by atoms with Gasteiger partial charge in [0.05, 0.1) is 17.8 Å². The SMILES string of the molecule is CN(Cc1cn2ccnc2c(-c2ccc(C(F)(F)F)cc2)n1)C(=O)OC(C)(C)C. The lowest BCUT2D eigenvalue weighted by Crippen LogP contribution is -2.34. The molecule has 0 atom stereocenters. The monoisotopic (exact) mass is 406 g/mol. The Morgan fingerprint density at radius 3 is 2.41 bits per heavy atom. The van der Waals surface area contributed by atoms with Crippen molar-refractivity contribution < 1.29 is 22.7 Å². The zero-order valence-electron chi connectivity index (χ0n) is 16.5. The molecule has 3 rings (SSSR count). The highest BCUT2D eigenvalue weighted by Crippen LogP contribution is 2.31. The van der Waals surface area contributed by atoms with Crippen LogP contribution in [0.25, 0.3) is 16.9 Å². The van der Waals surface area contributed by atoms with Gasteiger partial charge in [-0.25, -0.2) is 14.8 Å². The van der Waals surface area contributed by atoms with Crippen molar-refractivity contribution in [3.05, 3.63) is 54.1 Å². The van der Waals surface area contributed by atoms with E-state index in [2.05, 4.69) is 9.97 Å². The Hall–Kier alpha value is -3.10. The van der Waals surface area contributed by atoms with E-state index in [4.69, 9.17) is 4.74 Å². The van der Waals surface area contributed by atoms with Gasteiger partial charge in [-0.1, -0.05) is 12.1 Å². The van der Waals surface area contributed by atoms with Crippen LogP contribution in [0.5, 0.6) is 0 Å². The van der Waals surface area contributed by atoms with Crippen molar-refractivity contribution in [3.63, 3.8) is 0 Å². The number of benzene rings is 1. The topological polar surface area (TPSA) is 59.7 Å². The number of nitrogens with zero attached hydrogens (tertiary/aromatic N) is 4. The molecule has 1 aromatic carbocycles. The maximum atomic E-state index is 12.8. The Balaban J connectivity index is 1.93. The average Bonchev–Trinajstić information content (AvgIpc) is 3.07. The number of carbonyl (C=O) groups is 1. The Morgan fingerprint density at radius 2 is 1.83 bits per heavy atom. The molecule has 2 heterocycles. The first-order valence-corrected chi connectivity index (χ1v) is 8.88. The molecule has 0 spiro atoms. The van der Waals surface area contributed by atoms with Crippen LogP contribution in [0.3, 0.4) is 0 Å². The van der Waals surface area contributed by atoms with Crippen molar-refractivity contribution in [3.8, 4) is 11.3 Å². The molecule has 9 heteroatoms. The highest BCUT2D eigenvalue weighted by molar-refractivity contribution is 5.74. The van der Waals surface area contributed by atoms with Crippen molar-refractivity contribution in [2.24, 2.45) is 0 Å². The van der Waals surface area contributed by atoms with Gasteiger partial charge >= 0.3 is 12.3 Å². The van der Waals surface area contributed by atoms with Gasteiger partial charge in [-0.2, -0.15) is 13.2 Å². The number of imidazole rings is 1. The van der Waals surface area contributed by atoms with Gasteiger partial charge < -0.3 is 14.0 Å². The van der Waals surface area contributed by atoms with E-state index >= 15 is 0 Å². The molecule has 154 valence electrons. The highest BCUT2D eigenvalue weighted by atomic mass is 19.4. The largest absolute Gasteiger partial charge is 0.444 e. The second-order valence-electron chi connectivity index (χ2n) is 7.65. The molecule has 6 nitrogen and oxygen atoms in total. The van der Waals surface area contributed by atoms with Crippen LogP contribution in [0.2, 0.25) is 0 Å². The fraction of sp³-hybridized carbons (Fsp3) is 0.350. The van der Waals surface area contributed by atoms with Gasteiger partial charge in [0.1, 0.15) is 11.3 Å². The van der Waals surface area contributed by atoms with Crippen molar-refractivity contribution in [1.82, 2.24) is 19.3 Å². The van der Waals surface area contributed by atoms with Crippen LogP contribution < -0.4 is 0 Å². The minimum atomic E-state index is -4.41. The van der Waals surface area contributed by atoms with Gasteiger partial charge in [0, 0.05) is 31.2 Å². The van der Waals surface area contributed by atoms with Gasteiger partial charge in [-0.3, -0.25) is 0 Å². The summed E-state index contributed by atoms with van der Waals surface area (Å²) in [4.78, 5) is 22.4. The van der Waals surface area contributed by atoms with Gasteiger partial charge in [0.2, 0.25) is 0 Å². The Bertz CT molecular complexity index is 1020. The molecule has 3 aromatic rings. The molecule has 0 aliphatic carbocycles. The maximum absolute atomic E-state index is 12.8. The molecular formula is C20H21F3N4O2. The zero-order chi connectivity index (χ0) is 21.4. The summed E-state index contributed by atoms with van der Waals surface area (Å²) in [6, 6.07) is 4.74. The third-order valence-electron chi connectivity index (χ3n) is 4.01. The summed E-state index contributed by atoms with van der Waals surface area (Å²) in [5, 5.41) is 0. The van der Waals surface area contributed by atoms with E-state index in [0.29, 0.717) is 22.6 Å². The van der Waals surface area contributed by atoms with Crippen LogP contribution in [-0.4, -0.2) is 38.0 Å². The van der Waals surface area contributed by atoms with Crippen molar-refractivity contribution in [1.29, 1.82) is 0 Å². The number of fused-ring (bicyclic) bond motifs is 1. The Labute approximate surface area is 165 Å². The summed E-state index contributed by atoms with van der Waals surface area (Å²) in [6.07, 6.45) is 0.0952. The summed E-state index contributed by atoms with van der Waals surface area (Å²) in [5.74, 6) is 0. The maximum Gasteiger partial charge on any atom is 0.416 e. The fourth-order valence-corrected chi connectivity index (χ4v) is 2.72. The first-order valence-electron chi connectivity index (χ1n) is 8.88. The van der Waals surface area contributed by atoms with Gasteiger partial charge in [0.15, 0.2) is 5.65 Å². The summed E-state index contributed by atoms with van der Waals surface area (Å²) in [6.45, 7) is 5.49. The lowest BCUT2D eigenvalue weighted by molar-refractivity contribution is -0.137. The van der Waals surface area contributed by atoms with E-state index in [1.165, 1.54) is 17.0 Å². The number of hydrogen-bond donors (Lipinski definition) is 0. The molecule has 0 saturated carbocycles. The molecule has 0 aliphatic rings. The van der Waals surface area contributed by atoms with E-state index < -0.39 is 23.4 Å². The summed E-state index contributed by atoms with van der Waals surface area (Å²) in [7, 11) is 1.59.